The number of esters is 1. The second-order valence-electron chi connectivity index (χ2n) is 7.36. The molecule has 158 valence electrons. The van der Waals surface area contributed by atoms with E-state index in [0.29, 0.717) is 19.4 Å². The van der Waals surface area contributed by atoms with Crippen LogP contribution in [0.15, 0.2) is 53.0 Å². The fourth-order valence-corrected chi connectivity index (χ4v) is 3.83. The highest BCUT2D eigenvalue weighted by molar-refractivity contribution is 9.10. The van der Waals surface area contributed by atoms with Gasteiger partial charge in [-0.2, -0.15) is 0 Å². The number of carbonyl (C=O) groups excluding carboxylic acids is 3. The number of para-hydroxylation sites is 1. The number of ether oxygens (including phenoxy) is 1. The number of rotatable bonds is 8. The van der Waals surface area contributed by atoms with Gasteiger partial charge in [-0.1, -0.05) is 42.0 Å². The number of nitrogens with one attached hydrogen (secondary N) is 1. The van der Waals surface area contributed by atoms with Gasteiger partial charge in [0.05, 0.1) is 18.2 Å². The van der Waals surface area contributed by atoms with Crippen LogP contribution in [0.2, 0.25) is 0 Å². The molecular weight excluding hydrogens is 448 g/mol. The molecule has 2 amide bonds. The Morgan fingerprint density at radius 1 is 1.17 bits per heavy atom. The van der Waals surface area contributed by atoms with Gasteiger partial charge < -0.3 is 15.0 Å². The summed E-state index contributed by atoms with van der Waals surface area (Å²) >= 11 is 3.44. The number of hydrogen-bond acceptors (Lipinski definition) is 4. The molecule has 1 heterocycles. The molecule has 0 spiro atoms. The van der Waals surface area contributed by atoms with Gasteiger partial charge in [-0.15, -0.1) is 0 Å². The topological polar surface area (TPSA) is 75.7 Å². The van der Waals surface area contributed by atoms with Crippen LogP contribution in [0.4, 0.5) is 5.69 Å². The third kappa shape index (κ3) is 5.92. The molecule has 0 aromatic heterocycles. The molecule has 30 heavy (non-hydrogen) atoms. The number of nitrogens with zero attached hydrogens (tertiary/aromatic N) is 1. The van der Waals surface area contributed by atoms with E-state index in [4.69, 9.17) is 4.74 Å². The molecule has 0 aliphatic carbocycles. The number of benzene rings is 2. The van der Waals surface area contributed by atoms with Crippen molar-refractivity contribution in [2.45, 2.75) is 26.2 Å². The van der Waals surface area contributed by atoms with Crippen LogP contribution in [0.25, 0.3) is 0 Å². The molecule has 3 rings (SSSR count). The molecule has 1 aliphatic heterocycles. The van der Waals surface area contributed by atoms with Gasteiger partial charge in [0, 0.05) is 23.9 Å². The first-order chi connectivity index (χ1) is 14.4. The lowest BCUT2D eigenvalue weighted by molar-refractivity contribution is -0.148. The van der Waals surface area contributed by atoms with Crippen LogP contribution in [0.3, 0.4) is 0 Å². The normalized spacial score (nSPS) is 15.9. The summed E-state index contributed by atoms with van der Waals surface area (Å²) in [5.74, 6) is -1.09. The number of halogens is 1. The van der Waals surface area contributed by atoms with E-state index in [-0.39, 0.29) is 31.4 Å². The minimum Gasteiger partial charge on any atom is -0.464 e. The zero-order valence-corrected chi connectivity index (χ0v) is 18.5. The maximum Gasteiger partial charge on any atom is 0.311 e. The van der Waals surface area contributed by atoms with E-state index in [9.17, 15) is 14.4 Å². The highest BCUT2D eigenvalue weighted by Crippen LogP contribution is 2.31. The smallest absolute Gasteiger partial charge is 0.311 e. The molecule has 1 N–H and O–H groups in total. The first-order valence-electron chi connectivity index (χ1n) is 9.98. The summed E-state index contributed by atoms with van der Waals surface area (Å²) in [6.07, 6.45) is 1.18. The van der Waals surface area contributed by atoms with Crippen molar-refractivity contribution in [3.05, 3.63) is 64.1 Å². The first-order valence-corrected chi connectivity index (χ1v) is 10.8. The van der Waals surface area contributed by atoms with Crippen molar-refractivity contribution in [2.24, 2.45) is 5.92 Å². The lowest BCUT2D eigenvalue weighted by Crippen LogP contribution is -2.30. The largest absolute Gasteiger partial charge is 0.464 e. The van der Waals surface area contributed by atoms with Crippen molar-refractivity contribution in [3.8, 4) is 0 Å². The van der Waals surface area contributed by atoms with Crippen LogP contribution >= 0.6 is 15.9 Å². The standard InChI is InChI=1S/C23H25BrN2O4/c1-16-6-8-17(9-7-16)10-11-21(27)25-12-13-30-23(29)18-14-22(28)26(15-18)20-5-3-2-4-19(20)24/h2-9,18H,10-15H2,1H3,(H,25,27). The maximum absolute atomic E-state index is 12.3. The Kier molecular flexibility index (Phi) is 7.63. The van der Waals surface area contributed by atoms with E-state index < -0.39 is 11.9 Å². The van der Waals surface area contributed by atoms with Crippen LogP contribution in [-0.4, -0.2) is 37.5 Å². The van der Waals surface area contributed by atoms with Crippen molar-refractivity contribution in [1.29, 1.82) is 0 Å². The van der Waals surface area contributed by atoms with Crippen molar-refractivity contribution in [3.63, 3.8) is 0 Å². The summed E-state index contributed by atoms with van der Waals surface area (Å²) in [6, 6.07) is 15.5. The van der Waals surface area contributed by atoms with Crippen LogP contribution in [-0.2, 0) is 25.5 Å². The summed E-state index contributed by atoms with van der Waals surface area (Å²) < 4.78 is 6.08. The lowest BCUT2D eigenvalue weighted by atomic mass is 10.1. The van der Waals surface area contributed by atoms with E-state index in [1.807, 2.05) is 55.5 Å². The third-order valence-electron chi connectivity index (χ3n) is 5.03. The van der Waals surface area contributed by atoms with E-state index in [1.165, 1.54) is 5.56 Å². The Hall–Kier alpha value is -2.67. The summed E-state index contributed by atoms with van der Waals surface area (Å²) in [6.45, 7) is 2.67. The van der Waals surface area contributed by atoms with Gasteiger partial charge in [-0.05, 0) is 47.0 Å². The van der Waals surface area contributed by atoms with E-state index in [0.717, 1.165) is 15.7 Å². The molecule has 2 aromatic carbocycles. The zero-order chi connectivity index (χ0) is 21.5. The predicted octanol–water partition coefficient (Wildman–Crippen LogP) is 3.40. The molecule has 0 radical (unpaired) electrons. The van der Waals surface area contributed by atoms with Crippen molar-refractivity contribution in [1.82, 2.24) is 5.32 Å². The van der Waals surface area contributed by atoms with Gasteiger partial charge in [-0.3, -0.25) is 14.4 Å². The Balaban J connectivity index is 1.36. The average molecular weight is 473 g/mol. The number of carbonyl (C=O) groups is 3. The van der Waals surface area contributed by atoms with E-state index in [1.54, 1.807) is 4.90 Å². The van der Waals surface area contributed by atoms with Crippen LogP contribution in [0.1, 0.15) is 24.0 Å². The van der Waals surface area contributed by atoms with Crippen molar-refractivity contribution >= 4 is 39.4 Å². The Labute approximate surface area is 184 Å². The Morgan fingerprint density at radius 3 is 2.63 bits per heavy atom. The van der Waals surface area contributed by atoms with Gasteiger partial charge in [0.1, 0.15) is 6.61 Å². The van der Waals surface area contributed by atoms with Gasteiger partial charge in [0.2, 0.25) is 11.8 Å². The molecule has 1 saturated heterocycles. The molecule has 2 aromatic rings. The molecule has 7 heteroatoms. The number of aryl methyl sites for hydroxylation is 2. The van der Waals surface area contributed by atoms with Crippen LogP contribution in [0, 0.1) is 12.8 Å². The zero-order valence-electron chi connectivity index (χ0n) is 16.9. The van der Waals surface area contributed by atoms with E-state index >= 15 is 0 Å². The monoisotopic (exact) mass is 472 g/mol. The molecule has 6 nitrogen and oxygen atoms in total. The number of anilines is 1. The molecule has 1 atom stereocenters. The highest BCUT2D eigenvalue weighted by atomic mass is 79.9. The fourth-order valence-electron chi connectivity index (χ4n) is 3.33. The van der Waals surface area contributed by atoms with Crippen LogP contribution < -0.4 is 10.2 Å². The minimum absolute atomic E-state index is 0.0808. The van der Waals surface area contributed by atoms with Gasteiger partial charge in [-0.25, -0.2) is 0 Å². The lowest BCUT2D eigenvalue weighted by Gasteiger charge is -2.18. The van der Waals surface area contributed by atoms with Gasteiger partial charge in [0.15, 0.2) is 0 Å². The van der Waals surface area contributed by atoms with Gasteiger partial charge >= 0.3 is 5.97 Å². The molecule has 1 aliphatic rings. The average Bonchev–Trinajstić information content (AvgIpc) is 3.12. The molecule has 1 unspecified atom stereocenters. The summed E-state index contributed by atoms with van der Waals surface area (Å²) in [5.41, 5.74) is 3.05. The third-order valence-corrected chi connectivity index (χ3v) is 5.70. The fraction of sp³-hybridized carbons (Fsp3) is 0.348. The molecule has 1 fully saturated rings. The molecular formula is C23H25BrN2O4. The van der Waals surface area contributed by atoms with Crippen molar-refractivity contribution in [2.75, 3.05) is 24.6 Å². The Morgan fingerprint density at radius 2 is 1.90 bits per heavy atom. The van der Waals surface area contributed by atoms with Crippen molar-refractivity contribution < 1.29 is 19.1 Å². The molecule has 0 saturated carbocycles. The second kappa shape index (κ2) is 10.4. The molecule has 0 bridgehead atoms. The van der Waals surface area contributed by atoms with E-state index in [2.05, 4.69) is 21.2 Å². The van der Waals surface area contributed by atoms with Gasteiger partial charge in [0.25, 0.3) is 0 Å². The highest BCUT2D eigenvalue weighted by Gasteiger charge is 2.36. The SMILES string of the molecule is Cc1ccc(CCC(=O)NCCOC(=O)C2CC(=O)N(c3ccccc3Br)C2)cc1. The summed E-state index contributed by atoms with van der Waals surface area (Å²) in [7, 11) is 0. The minimum atomic E-state index is -0.498. The first kappa shape index (κ1) is 22.0. The number of amides is 2. The summed E-state index contributed by atoms with van der Waals surface area (Å²) in [5, 5.41) is 2.76. The Bertz CT molecular complexity index is 914. The number of hydrogen-bond donors (Lipinski definition) is 1. The summed E-state index contributed by atoms with van der Waals surface area (Å²) in [4.78, 5) is 38.2. The predicted molar refractivity (Wildman–Crippen MR) is 118 cm³/mol. The maximum atomic E-state index is 12.3. The second-order valence-corrected chi connectivity index (χ2v) is 8.21. The quantitative estimate of drug-likeness (QED) is 0.471. The van der Waals surface area contributed by atoms with Crippen LogP contribution in [0.5, 0.6) is 0 Å².